The van der Waals surface area contributed by atoms with E-state index in [1.807, 2.05) is 6.92 Å². The summed E-state index contributed by atoms with van der Waals surface area (Å²) in [5.74, 6) is 1.06. The van der Waals surface area contributed by atoms with Crippen molar-refractivity contribution in [3.63, 3.8) is 0 Å². The van der Waals surface area contributed by atoms with Crippen LogP contribution < -0.4 is 5.32 Å². The summed E-state index contributed by atoms with van der Waals surface area (Å²) in [4.78, 5) is 21.1. The zero-order chi connectivity index (χ0) is 14.5. The first-order valence-corrected chi connectivity index (χ1v) is 7.72. The Morgan fingerprint density at radius 1 is 1.25 bits per heavy atom. The van der Waals surface area contributed by atoms with Crippen molar-refractivity contribution >= 4 is 5.91 Å². The smallest absolute Gasteiger partial charge is 0.254 e. The zero-order valence-corrected chi connectivity index (χ0v) is 12.8. The summed E-state index contributed by atoms with van der Waals surface area (Å²) < 4.78 is 0. The highest BCUT2D eigenvalue weighted by molar-refractivity contribution is 5.95. The van der Waals surface area contributed by atoms with E-state index in [1.165, 1.54) is 25.7 Å². The molecule has 1 saturated carbocycles. The molecule has 0 saturated heterocycles. The van der Waals surface area contributed by atoms with Crippen molar-refractivity contribution < 1.29 is 4.79 Å². The number of amides is 1. The van der Waals surface area contributed by atoms with Gasteiger partial charge >= 0.3 is 0 Å². The minimum Gasteiger partial charge on any atom is -0.349 e. The van der Waals surface area contributed by atoms with E-state index in [-0.39, 0.29) is 11.8 Å². The van der Waals surface area contributed by atoms with Gasteiger partial charge in [-0.15, -0.1) is 0 Å². The Labute approximate surface area is 121 Å². The van der Waals surface area contributed by atoms with Crippen LogP contribution in [-0.4, -0.2) is 21.9 Å². The topological polar surface area (TPSA) is 54.9 Å². The average Bonchev–Trinajstić information content (AvgIpc) is 2.67. The van der Waals surface area contributed by atoms with Crippen LogP contribution in [0.25, 0.3) is 0 Å². The summed E-state index contributed by atoms with van der Waals surface area (Å²) in [6.45, 7) is 6.00. The molecule has 1 fully saturated rings. The molecule has 20 heavy (non-hydrogen) atoms. The number of aromatic nitrogens is 2. The van der Waals surface area contributed by atoms with Crippen LogP contribution in [0.4, 0.5) is 0 Å². The van der Waals surface area contributed by atoms with E-state index in [1.54, 1.807) is 6.20 Å². The van der Waals surface area contributed by atoms with Crippen molar-refractivity contribution in [2.24, 2.45) is 0 Å². The first kappa shape index (κ1) is 14.9. The molecule has 0 unspecified atom stereocenters. The largest absolute Gasteiger partial charge is 0.349 e. The lowest BCUT2D eigenvalue weighted by molar-refractivity contribution is 0.0932. The molecule has 0 aromatic carbocycles. The molecular formula is C16H25N3O. The number of hydrogen-bond acceptors (Lipinski definition) is 3. The molecule has 110 valence electrons. The summed E-state index contributed by atoms with van der Waals surface area (Å²) in [5.41, 5.74) is 1.38. The van der Waals surface area contributed by atoms with Gasteiger partial charge in [0.25, 0.3) is 5.91 Å². The van der Waals surface area contributed by atoms with Gasteiger partial charge in [0.2, 0.25) is 0 Å². The summed E-state index contributed by atoms with van der Waals surface area (Å²) in [6.07, 6.45) is 8.86. The van der Waals surface area contributed by atoms with Crippen molar-refractivity contribution in [2.75, 3.05) is 0 Å². The number of nitrogens with zero attached hydrogens (tertiary/aromatic N) is 2. The third-order valence-corrected chi connectivity index (χ3v) is 3.95. The van der Waals surface area contributed by atoms with Crippen LogP contribution in [0.5, 0.6) is 0 Å². The molecule has 1 amide bonds. The van der Waals surface area contributed by atoms with E-state index in [2.05, 4.69) is 29.1 Å². The van der Waals surface area contributed by atoms with Gasteiger partial charge in [-0.3, -0.25) is 4.79 Å². The molecule has 1 N–H and O–H groups in total. The van der Waals surface area contributed by atoms with E-state index in [4.69, 9.17) is 0 Å². The van der Waals surface area contributed by atoms with Gasteiger partial charge in [0.05, 0.1) is 11.3 Å². The van der Waals surface area contributed by atoms with E-state index in [0.717, 1.165) is 24.4 Å². The molecular weight excluding hydrogens is 250 g/mol. The van der Waals surface area contributed by atoms with Gasteiger partial charge in [0.15, 0.2) is 0 Å². The summed E-state index contributed by atoms with van der Waals surface area (Å²) in [6, 6.07) is 0.314. The molecule has 1 aliphatic carbocycles. The molecule has 1 aromatic heterocycles. The lowest BCUT2D eigenvalue weighted by Gasteiger charge is -2.17. The molecule has 0 atom stereocenters. The maximum absolute atomic E-state index is 12.3. The second kappa shape index (κ2) is 6.82. The standard InChI is InChI=1S/C16H25N3O/c1-11(2)15-17-10-14(12(3)18-15)16(20)19-13-8-6-4-5-7-9-13/h10-11,13H,4-9H2,1-3H3,(H,19,20). The minimum atomic E-state index is -0.0234. The lowest BCUT2D eigenvalue weighted by atomic mass is 10.1. The highest BCUT2D eigenvalue weighted by Gasteiger charge is 2.18. The summed E-state index contributed by atoms with van der Waals surface area (Å²) in [5, 5.41) is 3.15. The predicted octanol–water partition coefficient (Wildman–Crippen LogP) is 3.36. The molecule has 0 spiro atoms. The molecule has 0 bridgehead atoms. The van der Waals surface area contributed by atoms with Gasteiger partial charge in [0, 0.05) is 18.2 Å². The van der Waals surface area contributed by atoms with Gasteiger partial charge in [-0.1, -0.05) is 39.5 Å². The minimum absolute atomic E-state index is 0.0234. The third kappa shape index (κ3) is 3.78. The Balaban J connectivity index is 2.04. The highest BCUT2D eigenvalue weighted by Crippen LogP contribution is 2.18. The molecule has 4 heteroatoms. The fourth-order valence-corrected chi connectivity index (χ4v) is 2.67. The Hall–Kier alpha value is -1.45. The van der Waals surface area contributed by atoms with Gasteiger partial charge in [0.1, 0.15) is 5.82 Å². The normalized spacial score (nSPS) is 17.0. The summed E-state index contributed by atoms with van der Waals surface area (Å²) >= 11 is 0. The van der Waals surface area contributed by atoms with Crippen molar-refractivity contribution in [1.82, 2.24) is 15.3 Å². The van der Waals surface area contributed by atoms with E-state index in [0.29, 0.717) is 11.6 Å². The fraction of sp³-hybridized carbons (Fsp3) is 0.688. The first-order valence-electron chi connectivity index (χ1n) is 7.72. The molecule has 1 aromatic rings. The number of carbonyl (C=O) groups excluding carboxylic acids is 1. The zero-order valence-electron chi connectivity index (χ0n) is 12.8. The van der Waals surface area contributed by atoms with Crippen LogP contribution in [0.3, 0.4) is 0 Å². The molecule has 4 nitrogen and oxygen atoms in total. The van der Waals surface area contributed by atoms with Crippen molar-refractivity contribution in [2.45, 2.75) is 71.3 Å². The van der Waals surface area contributed by atoms with E-state index < -0.39 is 0 Å². The van der Waals surface area contributed by atoms with E-state index in [9.17, 15) is 4.79 Å². The maximum atomic E-state index is 12.3. The van der Waals surface area contributed by atoms with Crippen LogP contribution in [0, 0.1) is 6.92 Å². The van der Waals surface area contributed by atoms with Gasteiger partial charge in [-0.2, -0.15) is 0 Å². The number of hydrogen-bond donors (Lipinski definition) is 1. The van der Waals surface area contributed by atoms with Crippen LogP contribution in [0.15, 0.2) is 6.20 Å². The Kier molecular flexibility index (Phi) is 5.10. The second-order valence-corrected chi connectivity index (χ2v) is 6.04. The Morgan fingerprint density at radius 3 is 2.45 bits per heavy atom. The van der Waals surface area contributed by atoms with Gasteiger partial charge < -0.3 is 5.32 Å². The van der Waals surface area contributed by atoms with E-state index >= 15 is 0 Å². The SMILES string of the molecule is Cc1nc(C(C)C)ncc1C(=O)NC1CCCCCC1. The third-order valence-electron chi connectivity index (χ3n) is 3.95. The lowest BCUT2D eigenvalue weighted by Crippen LogP contribution is -2.35. The van der Waals surface area contributed by atoms with Crippen molar-refractivity contribution in [1.29, 1.82) is 0 Å². The average molecular weight is 275 g/mol. The molecule has 2 rings (SSSR count). The molecule has 0 radical (unpaired) electrons. The van der Waals surface area contributed by atoms with Crippen LogP contribution >= 0.6 is 0 Å². The van der Waals surface area contributed by atoms with Gasteiger partial charge in [-0.25, -0.2) is 9.97 Å². The number of carbonyl (C=O) groups is 1. The van der Waals surface area contributed by atoms with Crippen LogP contribution in [0.2, 0.25) is 0 Å². The Morgan fingerprint density at radius 2 is 1.90 bits per heavy atom. The predicted molar refractivity (Wildman–Crippen MR) is 79.8 cm³/mol. The quantitative estimate of drug-likeness (QED) is 0.861. The van der Waals surface area contributed by atoms with Crippen molar-refractivity contribution in [3.05, 3.63) is 23.3 Å². The molecule has 0 aliphatic heterocycles. The van der Waals surface area contributed by atoms with Crippen LogP contribution in [0.1, 0.15) is 80.2 Å². The van der Waals surface area contributed by atoms with Crippen molar-refractivity contribution in [3.8, 4) is 0 Å². The second-order valence-electron chi connectivity index (χ2n) is 6.04. The highest BCUT2D eigenvalue weighted by atomic mass is 16.1. The fourth-order valence-electron chi connectivity index (χ4n) is 2.67. The molecule has 1 heterocycles. The maximum Gasteiger partial charge on any atom is 0.254 e. The number of rotatable bonds is 3. The number of nitrogens with one attached hydrogen (secondary N) is 1. The summed E-state index contributed by atoms with van der Waals surface area (Å²) in [7, 11) is 0. The number of aryl methyl sites for hydroxylation is 1. The first-order chi connectivity index (χ1) is 9.58. The molecule has 1 aliphatic rings. The van der Waals surface area contributed by atoms with Gasteiger partial charge in [-0.05, 0) is 19.8 Å². The monoisotopic (exact) mass is 275 g/mol. The van der Waals surface area contributed by atoms with Crippen LogP contribution in [-0.2, 0) is 0 Å². The Bertz CT molecular complexity index is 463.